The number of pyridine rings is 1. The quantitative estimate of drug-likeness (QED) is 0.711. The number of nitrogens with two attached hydrogens (primary N) is 1. The lowest BCUT2D eigenvalue weighted by Crippen LogP contribution is -2.16. The largest absolute Gasteiger partial charge is 0.461 e. The summed E-state index contributed by atoms with van der Waals surface area (Å²) in [4.78, 5) is 16.3. The zero-order chi connectivity index (χ0) is 17.3. The van der Waals surface area contributed by atoms with Crippen LogP contribution in [0.5, 0.6) is 0 Å². The van der Waals surface area contributed by atoms with E-state index >= 15 is 0 Å². The average Bonchev–Trinajstić information content (AvgIpc) is 3.20. The number of hydrogen-bond donors (Lipinski definition) is 1. The topological polar surface area (TPSA) is 95.2 Å². The number of carbonyl (C=O) groups excluding carboxylic acids is 1. The minimum Gasteiger partial charge on any atom is -0.461 e. The van der Waals surface area contributed by atoms with Crippen LogP contribution < -0.4 is 5.73 Å². The standard InChI is InChI=1S/C17H17N3O3S/c1-9-10(2)15(16(18)21)17(19-11(9)3)24-8-12-7-14(23-20-12)13-5-4-6-22-13/h4-7H,8H2,1-3H3,(H2,18,21). The first-order valence-electron chi connectivity index (χ1n) is 7.37. The smallest absolute Gasteiger partial charge is 0.251 e. The van der Waals surface area contributed by atoms with Crippen LogP contribution in [0, 0.1) is 20.8 Å². The van der Waals surface area contributed by atoms with Crippen LogP contribution in [0.4, 0.5) is 0 Å². The molecule has 3 aromatic rings. The van der Waals surface area contributed by atoms with E-state index in [2.05, 4.69) is 10.1 Å². The first-order valence-corrected chi connectivity index (χ1v) is 8.35. The zero-order valence-corrected chi connectivity index (χ0v) is 14.4. The molecule has 0 fully saturated rings. The third-order valence-electron chi connectivity index (χ3n) is 3.89. The van der Waals surface area contributed by atoms with E-state index in [4.69, 9.17) is 14.7 Å². The molecule has 0 aliphatic carbocycles. The Bertz CT molecular complexity index is 885. The Morgan fingerprint density at radius 2 is 2.04 bits per heavy atom. The number of aromatic nitrogens is 2. The average molecular weight is 343 g/mol. The van der Waals surface area contributed by atoms with E-state index in [1.807, 2.05) is 26.8 Å². The summed E-state index contributed by atoms with van der Waals surface area (Å²) in [5.74, 6) is 1.23. The Hall–Kier alpha value is -2.54. The highest BCUT2D eigenvalue weighted by molar-refractivity contribution is 7.98. The fourth-order valence-corrected chi connectivity index (χ4v) is 3.38. The molecule has 0 aliphatic rings. The summed E-state index contributed by atoms with van der Waals surface area (Å²) in [6, 6.07) is 5.40. The number of rotatable bonds is 5. The maximum atomic E-state index is 11.8. The van der Waals surface area contributed by atoms with Gasteiger partial charge in [0.25, 0.3) is 5.91 Å². The van der Waals surface area contributed by atoms with Crippen LogP contribution >= 0.6 is 11.8 Å². The Kier molecular flexibility index (Phi) is 4.44. The number of nitrogens with zero attached hydrogens (tertiary/aromatic N) is 2. The predicted molar refractivity (Wildman–Crippen MR) is 90.7 cm³/mol. The molecule has 0 spiro atoms. The summed E-state index contributed by atoms with van der Waals surface area (Å²) in [5.41, 5.74) is 9.47. The second-order valence-corrected chi connectivity index (χ2v) is 6.40. The number of hydrogen-bond acceptors (Lipinski definition) is 6. The van der Waals surface area contributed by atoms with Gasteiger partial charge < -0.3 is 14.7 Å². The molecular weight excluding hydrogens is 326 g/mol. The second-order valence-electron chi connectivity index (χ2n) is 5.44. The van der Waals surface area contributed by atoms with E-state index in [1.54, 1.807) is 18.4 Å². The third-order valence-corrected chi connectivity index (χ3v) is 4.90. The van der Waals surface area contributed by atoms with Gasteiger partial charge in [0.1, 0.15) is 5.03 Å². The molecule has 0 atom stereocenters. The number of thioether (sulfide) groups is 1. The molecule has 2 N–H and O–H groups in total. The molecule has 0 saturated carbocycles. The number of aryl methyl sites for hydroxylation is 1. The monoisotopic (exact) mass is 343 g/mol. The van der Waals surface area contributed by atoms with Gasteiger partial charge in [0, 0.05) is 17.5 Å². The van der Waals surface area contributed by atoms with Gasteiger partial charge in [-0.15, -0.1) is 0 Å². The van der Waals surface area contributed by atoms with Gasteiger partial charge >= 0.3 is 0 Å². The van der Waals surface area contributed by atoms with E-state index in [0.29, 0.717) is 27.9 Å². The van der Waals surface area contributed by atoms with Crippen molar-refractivity contribution >= 4 is 17.7 Å². The Morgan fingerprint density at radius 3 is 2.71 bits per heavy atom. The fourth-order valence-electron chi connectivity index (χ4n) is 2.36. The molecule has 7 heteroatoms. The van der Waals surface area contributed by atoms with E-state index in [-0.39, 0.29) is 0 Å². The molecule has 0 saturated heterocycles. The molecule has 24 heavy (non-hydrogen) atoms. The highest BCUT2D eigenvalue weighted by atomic mass is 32.2. The van der Waals surface area contributed by atoms with Gasteiger partial charge in [-0.3, -0.25) is 4.79 Å². The Balaban J connectivity index is 1.83. The van der Waals surface area contributed by atoms with Crippen molar-refractivity contribution in [1.29, 1.82) is 0 Å². The Morgan fingerprint density at radius 1 is 1.25 bits per heavy atom. The molecule has 124 valence electrons. The van der Waals surface area contributed by atoms with Crippen molar-refractivity contribution in [1.82, 2.24) is 10.1 Å². The van der Waals surface area contributed by atoms with Gasteiger partial charge in [0.05, 0.1) is 17.5 Å². The van der Waals surface area contributed by atoms with Gasteiger partial charge in [0.15, 0.2) is 5.76 Å². The van der Waals surface area contributed by atoms with Crippen LogP contribution in [0.3, 0.4) is 0 Å². The zero-order valence-electron chi connectivity index (χ0n) is 13.6. The van der Waals surface area contributed by atoms with Crippen molar-refractivity contribution < 1.29 is 13.7 Å². The summed E-state index contributed by atoms with van der Waals surface area (Å²) >= 11 is 1.41. The Labute approximate surface area is 143 Å². The highest BCUT2D eigenvalue weighted by Gasteiger charge is 2.18. The number of carbonyl (C=O) groups is 1. The third kappa shape index (κ3) is 3.07. The van der Waals surface area contributed by atoms with Crippen LogP contribution in [-0.2, 0) is 5.75 Å². The molecule has 3 aromatic heterocycles. The minimum absolute atomic E-state index is 0.470. The first-order chi connectivity index (χ1) is 11.5. The lowest BCUT2D eigenvalue weighted by atomic mass is 10.0. The fraction of sp³-hybridized carbons (Fsp3) is 0.235. The molecule has 0 bridgehead atoms. The molecule has 6 nitrogen and oxygen atoms in total. The summed E-state index contributed by atoms with van der Waals surface area (Å²) in [6.45, 7) is 5.74. The van der Waals surface area contributed by atoms with Gasteiger partial charge in [-0.05, 0) is 44.0 Å². The van der Waals surface area contributed by atoms with E-state index < -0.39 is 5.91 Å². The van der Waals surface area contributed by atoms with Crippen LogP contribution in [0.1, 0.15) is 32.9 Å². The maximum absolute atomic E-state index is 11.8. The van der Waals surface area contributed by atoms with Crippen molar-refractivity contribution in [3.8, 4) is 11.5 Å². The molecule has 3 rings (SSSR count). The molecule has 0 unspecified atom stereocenters. The minimum atomic E-state index is -0.470. The summed E-state index contributed by atoms with van der Waals surface area (Å²) < 4.78 is 10.5. The van der Waals surface area contributed by atoms with Crippen LogP contribution in [0.25, 0.3) is 11.5 Å². The molecular formula is C17H17N3O3S. The van der Waals surface area contributed by atoms with Crippen LogP contribution in [-0.4, -0.2) is 16.0 Å². The van der Waals surface area contributed by atoms with Crippen LogP contribution in [0.2, 0.25) is 0 Å². The van der Waals surface area contributed by atoms with Gasteiger partial charge in [-0.25, -0.2) is 4.98 Å². The molecule has 0 aromatic carbocycles. The highest BCUT2D eigenvalue weighted by Crippen LogP contribution is 2.30. The van der Waals surface area contributed by atoms with Crippen molar-refractivity contribution in [3.63, 3.8) is 0 Å². The second kappa shape index (κ2) is 6.52. The summed E-state index contributed by atoms with van der Waals surface area (Å²) in [5, 5.41) is 4.64. The number of furan rings is 1. The SMILES string of the molecule is Cc1nc(SCc2cc(-c3ccco3)on2)c(C(N)=O)c(C)c1C. The first kappa shape index (κ1) is 16.3. The molecule has 0 radical (unpaired) electrons. The van der Waals surface area contributed by atoms with Crippen molar-refractivity contribution in [2.24, 2.45) is 5.73 Å². The summed E-state index contributed by atoms with van der Waals surface area (Å²) in [6.07, 6.45) is 1.58. The van der Waals surface area contributed by atoms with Crippen LogP contribution in [0.15, 0.2) is 38.4 Å². The van der Waals surface area contributed by atoms with E-state index in [9.17, 15) is 4.79 Å². The lowest BCUT2D eigenvalue weighted by molar-refractivity contribution is 0.0996. The maximum Gasteiger partial charge on any atom is 0.251 e. The number of primary amides is 1. The van der Waals surface area contributed by atoms with Gasteiger partial charge in [-0.2, -0.15) is 0 Å². The van der Waals surface area contributed by atoms with Crippen molar-refractivity contribution in [2.45, 2.75) is 31.6 Å². The predicted octanol–water partition coefficient (Wildman–Crippen LogP) is 3.65. The van der Waals surface area contributed by atoms with Crippen molar-refractivity contribution in [3.05, 3.63) is 52.5 Å². The normalized spacial score (nSPS) is 11.0. The van der Waals surface area contributed by atoms with Crippen molar-refractivity contribution in [2.75, 3.05) is 0 Å². The van der Waals surface area contributed by atoms with E-state index in [0.717, 1.165) is 22.5 Å². The molecule has 0 aliphatic heterocycles. The van der Waals surface area contributed by atoms with Gasteiger partial charge in [0.2, 0.25) is 5.76 Å². The molecule has 3 heterocycles. The lowest BCUT2D eigenvalue weighted by Gasteiger charge is -2.12. The van der Waals surface area contributed by atoms with E-state index in [1.165, 1.54) is 11.8 Å². The molecule has 1 amide bonds. The number of amides is 1. The van der Waals surface area contributed by atoms with Gasteiger partial charge in [-0.1, -0.05) is 16.9 Å². The summed E-state index contributed by atoms with van der Waals surface area (Å²) in [7, 11) is 0.